The van der Waals surface area contributed by atoms with Gasteiger partial charge >= 0.3 is 0 Å². The van der Waals surface area contributed by atoms with Crippen LogP contribution in [0.1, 0.15) is 45.0 Å². The molecule has 1 heterocycles. The van der Waals surface area contributed by atoms with Gasteiger partial charge in [0.1, 0.15) is 5.75 Å². The zero-order valence-corrected chi connectivity index (χ0v) is 12.3. The first kappa shape index (κ1) is 15.0. The van der Waals surface area contributed by atoms with E-state index in [0.29, 0.717) is 6.04 Å². The van der Waals surface area contributed by atoms with E-state index in [1.807, 2.05) is 19.1 Å². The van der Waals surface area contributed by atoms with Gasteiger partial charge in [0.15, 0.2) is 0 Å². The molecule has 1 aromatic heterocycles. The molecule has 0 bridgehead atoms. The van der Waals surface area contributed by atoms with Crippen molar-refractivity contribution in [2.75, 3.05) is 7.11 Å². The van der Waals surface area contributed by atoms with Gasteiger partial charge < -0.3 is 10.1 Å². The van der Waals surface area contributed by atoms with Crippen molar-refractivity contribution in [3.05, 3.63) is 23.5 Å². The molecule has 0 aliphatic rings. The smallest absolute Gasteiger partial charge is 0.122 e. The lowest BCUT2D eigenvalue weighted by Gasteiger charge is -2.15. The lowest BCUT2D eigenvalue weighted by atomic mass is 10.0. The Kier molecular flexibility index (Phi) is 6.13. The number of nitrogens with zero attached hydrogens (tertiary/aromatic N) is 1. The normalized spacial score (nSPS) is 12.8. The maximum Gasteiger partial charge on any atom is 0.122 e. The van der Waals surface area contributed by atoms with Crippen LogP contribution in [0.5, 0.6) is 5.75 Å². The average molecular weight is 250 g/mol. The second kappa shape index (κ2) is 7.37. The van der Waals surface area contributed by atoms with Crippen molar-refractivity contribution < 1.29 is 4.74 Å². The highest BCUT2D eigenvalue weighted by Gasteiger charge is 2.05. The van der Waals surface area contributed by atoms with Crippen molar-refractivity contribution in [2.45, 2.75) is 53.1 Å². The molecular weight excluding hydrogens is 224 g/mol. The number of hydrogen-bond donors (Lipinski definition) is 1. The molecule has 0 saturated heterocycles. The highest BCUT2D eigenvalue weighted by atomic mass is 16.5. The molecule has 3 nitrogen and oxygen atoms in total. The van der Waals surface area contributed by atoms with Gasteiger partial charge in [-0.2, -0.15) is 0 Å². The van der Waals surface area contributed by atoms with Gasteiger partial charge in [-0.1, -0.05) is 13.8 Å². The van der Waals surface area contributed by atoms with E-state index in [4.69, 9.17) is 4.74 Å². The Hall–Kier alpha value is -1.09. The Bertz CT molecular complexity index is 364. The van der Waals surface area contributed by atoms with Crippen molar-refractivity contribution in [3.63, 3.8) is 0 Å². The minimum Gasteiger partial charge on any atom is -0.497 e. The predicted molar refractivity (Wildman–Crippen MR) is 75.9 cm³/mol. The van der Waals surface area contributed by atoms with E-state index in [1.165, 1.54) is 12.8 Å². The van der Waals surface area contributed by atoms with Crippen LogP contribution < -0.4 is 10.1 Å². The third-order valence-electron chi connectivity index (χ3n) is 3.02. The van der Waals surface area contributed by atoms with Crippen LogP contribution in [-0.2, 0) is 6.54 Å². The molecule has 1 unspecified atom stereocenters. The zero-order valence-electron chi connectivity index (χ0n) is 12.3. The summed E-state index contributed by atoms with van der Waals surface area (Å²) in [5.74, 6) is 1.65. The number of ether oxygens (including phenoxy) is 1. The summed E-state index contributed by atoms with van der Waals surface area (Å²) in [5.41, 5.74) is 2.05. The molecule has 1 atom stereocenters. The number of hydrogen-bond acceptors (Lipinski definition) is 3. The Morgan fingerprint density at radius 3 is 2.56 bits per heavy atom. The van der Waals surface area contributed by atoms with E-state index in [2.05, 4.69) is 31.1 Å². The van der Waals surface area contributed by atoms with Gasteiger partial charge in [0.2, 0.25) is 0 Å². The summed E-state index contributed by atoms with van der Waals surface area (Å²) in [6.07, 6.45) is 2.47. The Morgan fingerprint density at radius 2 is 1.94 bits per heavy atom. The van der Waals surface area contributed by atoms with Crippen LogP contribution >= 0.6 is 0 Å². The summed E-state index contributed by atoms with van der Waals surface area (Å²) < 4.78 is 5.25. The number of nitrogens with one attached hydrogen (secondary N) is 1. The first-order valence-corrected chi connectivity index (χ1v) is 6.76. The summed E-state index contributed by atoms with van der Waals surface area (Å²) in [4.78, 5) is 4.51. The van der Waals surface area contributed by atoms with Gasteiger partial charge in [-0.3, -0.25) is 4.98 Å². The fraction of sp³-hybridized carbons (Fsp3) is 0.667. The number of rotatable bonds is 7. The fourth-order valence-corrected chi connectivity index (χ4v) is 1.88. The molecule has 0 aliphatic heterocycles. The molecule has 1 aromatic rings. The zero-order chi connectivity index (χ0) is 13.5. The summed E-state index contributed by atoms with van der Waals surface area (Å²) in [6.45, 7) is 9.56. The van der Waals surface area contributed by atoms with Crippen molar-refractivity contribution in [1.82, 2.24) is 10.3 Å². The fourth-order valence-electron chi connectivity index (χ4n) is 1.88. The van der Waals surface area contributed by atoms with E-state index in [1.54, 1.807) is 7.11 Å². The number of pyridine rings is 1. The number of aryl methyl sites for hydroxylation is 1. The van der Waals surface area contributed by atoms with Gasteiger partial charge in [0, 0.05) is 30.4 Å². The Morgan fingerprint density at radius 1 is 1.22 bits per heavy atom. The third kappa shape index (κ3) is 5.50. The van der Waals surface area contributed by atoms with Crippen molar-refractivity contribution >= 4 is 0 Å². The summed E-state index contributed by atoms with van der Waals surface area (Å²) in [6, 6.07) is 4.47. The molecule has 0 radical (unpaired) electrons. The van der Waals surface area contributed by atoms with Crippen LogP contribution in [0.2, 0.25) is 0 Å². The molecular formula is C15H26N2O. The molecule has 0 fully saturated rings. The van der Waals surface area contributed by atoms with E-state index >= 15 is 0 Å². The molecule has 1 N–H and O–H groups in total. The largest absolute Gasteiger partial charge is 0.497 e. The van der Waals surface area contributed by atoms with Crippen LogP contribution in [0.3, 0.4) is 0 Å². The molecule has 1 rings (SSSR count). The van der Waals surface area contributed by atoms with E-state index in [0.717, 1.165) is 29.6 Å². The second-order valence-corrected chi connectivity index (χ2v) is 5.39. The van der Waals surface area contributed by atoms with Crippen molar-refractivity contribution in [2.24, 2.45) is 5.92 Å². The maximum absolute atomic E-state index is 5.25. The van der Waals surface area contributed by atoms with E-state index in [-0.39, 0.29) is 0 Å². The summed E-state index contributed by atoms with van der Waals surface area (Å²) in [5, 5.41) is 3.51. The van der Waals surface area contributed by atoms with Crippen molar-refractivity contribution in [1.29, 1.82) is 0 Å². The van der Waals surface area contributed by atoms with Crippen LogP contribution in [-0.4, -0.2) is 18.1 Å². The molecule has 0 spiro atoms. The first-order chi connectivity index (χ1) is 8.51. The van der Waals surface area contributed by atoms with Crippen molar-refractivity contribution in [3.8, 4) is 5.75 Å². The third-order valence-corrected chi connectivity index (χ3v) is 3.02. The van der Waals surface area contributed by atoms with Gasteiger partial charge in [-0.15, -0.1) is 0 Å². The predicted octanol–water partition coefficient (Wildman–Crippen LogP) is 3.31. The van der Waals surface area contributed by atoms with Crippen LogP contribution in [0.25, 0.3) is 0 Å². The topological polar surface area (TPSA) is 34.1 Å². The molecule has 0 aliphatic carbocycles. The summed E-state index contributed by atoms with van der Waals surface area (Å²) in [7, 11) is 1.69. The van der Waals surface area contributed by atoms with Crippen LogP contribution in [0.4, 0.5) is 0 Å². The molecule has 3 heteroatoms. The Labute approximate surface area is 111 Å². The van der Waals surface area contributed by atoms with E-state index < -0.39 is 0 Å². The highest BCUT2D eigenvalue weighted by Crippen LogP contribution is 2.13. The molecule has 0 saturated carbocycles. The molecule has 0 aromatic carbocycles. The minimum atomic E-state index is 0.528. The second-order valence-electron chi connectivity index (χ2n) is 5.39. The SMILES string of the molecule is COc1cc(C)nc(CNC(C)CCC(C)C)c1. The maximum atomic E-state index is 5.25. The van der Waals surface area contributed by atoms with Gasteiger partial charge in [-0.25, -0.2) is 0 Å². The monoisotopic (exact) mass is 250 g/mol. The Balaban J connectivity index is 2.45. The van der Waals surface area contributed by atoms with Crippen LogP contribution in [0.15, 0.2) is 12.1 Å². The molecule has 102 valence electrons. The van der Waals surface area contributed by atoms with Gasteiger partial charge in [-0.05, 0) is 32.6 Å². The van der Waals surface area contributed by atoms with Gasteiger partial charge in [0.05, 0.1) is 12.8 Å². The number of methoxy groups -OCH3 is 1. The summed E-state index contributed by atoms with van der Waals surface area (Å²) >= 11 is 0. The molecule has 18 heavy (non-hydrogen) atoms. The molecule has 0 amide bonds. The first-order valence-electron chi connectivity index (χ1n) is 6.76. The highest BCUT2D eigenvalue weighted by molar-refractivity contribution is 5.26. The lowest BCUT2D eigenvalue weighted by molar-refractivity contribution is 0.411. The number of aromatic nitrogens is 1. The minimum absolute atomic E-state index is 0.528. The van der Waals surface area contributed by atoms with Gasteiger partial charge in [0.25, 0.3) is 0 Å². The standard InChI is InChI=1S/C15H26N2O/c1-11(2)6-7-12(3)16-10-14-9-15(18-5)8-13(4)17-14/h8-9,11-12,16H,6-7,10H2,1-5H3. The average Bonchev–Trinajstić information content (AvgIpc) is 2.33. The lowest BCUT2D eigenvalue weighted by Crippen LogP contribution is -2.26. The van der Waals surface area contributed by atoms with E-state index in [9.17, 15) is 0 Å². The van der Waals surface area contributed by atoms with Crippen LogP contribution in [0, 0.1) is 12.8 Å². The quantitative estimate of drug-likeness (QED) is 0.806.